The molecular formula is C26H36O2. The van der Waals surface area contributed by atoms with Gasteiger partial charge in [-0.3, -0.25) is 4.79 Å². The molecule has 2 heteroatoms. The molecule has 2 aliphatic rings. The molecule has 152 valence electrons. The second kappa shape index (κ2) is 13.5. The van der Waals surface area contributed by atoms with Crippen LogP contribution < -0.4 is 0 Å². The fourth-order valence-corrected chi connectivity index (χ4v) is 3.04. The summed E-state index contributed by atoms with van der Waals surface area (Å²) in [4.78, 5) is 10.7. The zero-order valence-electron chi connectivity index (χ0n) is 18.5. The smallest absolute Gasteiger partial charge is 0.195 e. The molecule has 2 nitrogen and oxygen atoms in total. The molecule has 0 amide bonds. The van der Waals surface area contributed by atoms with Crippen LogP contribution in [0.5, 0.6) is 0 Å². The van der Waals surface area contributed by atoms with Crippen LogP contribution in [0.15, 0.2) is 95.4 Å². The lowest BCUT2D eigenvalue weighted by Gasteiger charge is -2.19. The number of carbonyl (C=O) groups is 1. The Labute approximate surface area is 172 Å². The van der Waals surface area contributed by atoms with E-state index in [2.05, 4.69) is 39.7 Å². The van der Waals surface area contributed by atoms with Crippen molar-refractivity contribution < 1.29 is 9.53 Å². The molecule has 0 aliphatic heterocycles. The number of rotatable bonds is 4. The molecule has 0 aromatic heterocycles. The Hall–Kier alpha value is -2.61. The average Bonchev–Trinajstić information content (AvgIpc) is 2.69. The van der Waals surface area contributed by atoms with Crippen molar-refractivity contribution >= 4 is 5.78 Å². The minimum atomic E-state index is 0.0202. The first kappa shape index (κ1) is 25.4. The summed E-state index contributed by atoms with van der Waals surface area (Å²) in [7, 11) is 1.54. The zero-order chi connectivity index (χ0) is 21.7. The van der Waals surface area contributed by atoms with Gasteiger partial charge in [-0.25, -0.2) is 0 Å². The standard InChI is InChI=1S/C11H16.C8H12.C7H8O2/c1-4-10-7-6-8-11(5-2)9(10)3;1-4-6-8(3)7-5-2;1-4-6(8)5(2)7(4)9-3/h4-5H,1,6-8H2,2-3H3;4-7H,1H2,2-3H3;1H2,2-3H3. The average molecular weight is 381 g/mol. The number of hydrogen-bond donors (Lipinski definition) is 0. The highest BCUT2D eigenvalue weighted by atomic mass is 16.5. The number of ether oxygens (including phenoxy) is 1. The topological polar surface area (TPSA) is 26.3 Å². The van der Waals surface area contributed by atoms with Gasteiger partial charge in [-0.2, -0.15) is 0 Å². The van der Waals surface area contributed by atoms with Gasteiger partial charge in [-0.15, -0.1) is 0 Å². The zero-order valence-corrected chi connectivity index (χ0v) is 18.5. The summed E-state index contributed by atoms with van der Waals surface area (Å²) < 4.78 is 4.84. The molecule has 0 aromatic rings. The minimum absolute atomic E-state index is 0.0202. The van der Waals surface area contributed by atoms with Crippen molar-refractivity contribution in [3.8, 4) is 0 Å². The van der Waals surface area contributed by atoms with Crippen LogP contribution in [-0.2, 0) is 9.53 Å². The van der Waals surface area contributed by atoms with Gasteiger partial charge in [0.1, 0.15) is 5.76 Å². The molecule has 0 fully saturated rings. The molecule has 0 bridgehead atoms. The van der Waals surface area contributed by atoms with Crippen LogP contribution >= 0.6 is 0 Å². The molecule has 2 aliphatic carbocycles. The van der Waals surface area contributed by atoms with E-state index in [0.717, 1.165) is 0 Å². The third kappa shape index (κ3) is 7.56. The number of carbonyl (C=O) groups excluding carboxylic acids is 1. The third-order valence-corrected chi connectivity index (χ3v) is 4.69. The lowest BCUT2D eigenvalue weighted by atomic mass is 9.88. The summed E-state index contributed by atoms with van der Waals surface area (Å²) in [5, 5.41) is 0. The van der Waals surface area contributed by atoms with Gasteiger partial charge in [0.05, 0.1) is 12.7 Å². The van der Waals surface area contributed by atoms with Crippen LogP contribution in [0.2, 0.25) is 0 Å². The van der Waals surface area contributed by atoms with Gasteiger partial charge in [-0.1, -0.05) is 61.8 Å². The molecule has 0 radical (unpaired) electrons. The maximum Gasteiger partial charge on any atom is 0.195 e. The summed E-state index contributed by atoms with van der Waals surface area (Å²) in [5.41, 5.74) is 6.81. The SMILES string of the molecule is C=C1C(=O)C(C)=C1OC.C=CC1=C(C)C(=CC)CCC1.C=CC=C(C)C=CC. The highest BCUT2D eigenvalue weighted by Gasteiger charge is 2.28. The van der Waals surface area contributed by atoms with Gasteiger partial charge in [0.2, 0.25) is 0 Å². The fraction of sp³-hybridized carbons (Fsp3) is 0.346. The van der Waals surface area contributed by atoms with Crippen LogP contribution in [0.25, 0.3) is 0 Å². The second-order valence-corrected chi connectivity index (χ2v) is 6.63. The van der Waals surface area contributed by atoms with Gasteiger partial charge in [0.25, 0.3) is 0 Å². The highest BCUT2D eigenvalue weighted by Crippen LogP contribution is 2.29. The van der Waals surface area contributed by atoms with E-state index in [9.17, 15) is 4.79 Å². The third-order valence-electron chi connectivity index (χ3n) is 4.69. The van der Waals surface area contributed by atoms with Crippen LogP contribution in [-0.4, -0.2) is 12.9 Å². The Bertz CT molecular complexity index is 749. The summed E-state index contributed by atoms with van der Waals surface area (Å²) in [6.45, 7) is 21.0. The molecule has 0 heterocycles. The lowest BCUT2D eigenvalue weighted by molar-refractivity contribution is -0.113. The summed E-state index contributed by atoms with van der Waals surface area (Å²) >= 11 is 0. The van der Waals surface area contributed by atoms with Crippen LogP contribution in [0.4, 0.5) is 0 Å². The molecular weight excluding hydrogens is 344 g/mol. The minimum Gasteiger partial charge on any atom is -0.496 e. The molecule has 0 saturated heterocycles. The predicted molar refractivity (Wildman–Crippen MR) is 123 cm³/mol. The van der Waals surface area contributed by atoms with E-state index in [1.807, 2.05) is 38.2 Å². The predicted octanol–water partition coefficient (Wildman–Crippen LogP) is 7.36. The lowest BCUT2D eigenvalue weighted by Crippen LogP contribution is -2.20. The van der Waals surface area contributed by atoms with Crippen molar-refractivity contribution in [1.29, 1.82) is 0 Å². The first-order valence-corrected chi connectivity index (χ1v) is 9.67. The summed E-state index contributed by atoms with van der Waals surface area (Å²) in [5.74, 6) is 0.673. The van der Waals surface area contributed by atoms with Crippen LogP contribution in [0, 0.1) is 0 Å². The maximum absolute atomic E-state index is 10.7. The maximum atomic E-state index is 10.7. The van der Waals surface area contributed by atoms with Crippen LogP contribution in [0.1, 0.15) is 53.9 Å². The van der Waals surface area contributed by atoms with Crippen molar-refractivity contribution in [2.45, 2.75) is 53.9 Å². The molecule has 0 atom stereocenters. The number of ketones is 1. The monoisotopic (exact) mass is 380 g/mol. The van der Waals surface area contributed by atoms with E-state index in [1.54, 1.807) is 13.0 Å². The molecule has 0 unspecified atom stereocenters. The normalized spacial score (nSPS) is 18.2. The van der Waals surface area contributed by atoms with Gasteiger partial charge in [0, 0.05) is 5.57 Å². The van der Waals surface area contributed by atoms with E-state index in [-0.39, 0.29) is 5.78 Å². The van der Waals surface area contributed by atoms with E-state index in [4.69, 9.17) is 4.74 Å². The largest absolute Gasteiger partial charge is 0.496 e. The number of methoxy groups -OCH3 is 1. The van der Waals surface area contributed by atoms with E-state index in [1.165, 1.54) is 48.7 Å². The van der Waals surface area contributed by atoms with Gasteiger partial charge in [0.15, 0.2) is 5.78 Å². The van der Waals surface area contributed by atoms with Crippen molar-refractivity contribution in [3.05, 3.63) is 95.4 Å². The van der Waals surface area contributed by atoms with Crippen molar-refractivity contribution in [3.63, 3.8) is 0 Å². The van der Waals surface area contributed by atoms with Crippen molar-refractivity contribution in [1.82, 2.24) is 0 Å². The van der Waals surface area contributed by atoms with Gasteiger partial charge < -0.3 is 4.74 Å². The summed E-state index contributed by atoms with van der Waals surface area (Å²) in [6, 6.07) is 0. The van der Waals surface area contributed by atoms with Gasteiger partial charge in [-0.05, 0) is 70.6 Å². The first-order chi connectivity index (χ1) is 13.3. The van der Waals surface area contributed by atoms with Gasteiger partial charge >= 0.3 is 0 Å². The molecule has 0 spiro atoms. The van der Waals surface area contributed by atoms with Crippen LogP contribution in [0.3, 0.4) is 0 Å². The molecule has 0 aromatic carbocycles. The number of allylic oxidation sites excluding steroid dienone is 12. The Balaban J connectivity index is 0.000000397. The quantitative estimate of drug-likeness (QED) is 0.376. The molecule has 0 N–H and O–H groups in total. The Morgan fingerprint density at radius 1 is 1.11 bits per heavy atom. The van der Waals surface area contributed by atoms with E-state index < -0.39 is 0 Å². The van der Waals surface area contributed by atoms with E-state index in [0.29, 0.717) is 16.9 Å². The number of hydrogen-bond acceptors (Lipinski definition) is 2. The van der Waals surface area contributed by atoms with Crippen molar-refractivity contribution in [2.75, 3.05) is 7.11 Å². The number of Topliss-reactive ketones (excluding diaryl/α,β-unsaturated/α-hetero) is 1. The van der Waals surface area contributed by atoms with E-state index >= 15 is 0 Å². The van der Waals surface area contributed by atoms with Crippen molar-refractivity contribution in [2.24, 2.45) is 0 Å². The molecule has 2 rings (SSSR count). The molecule has 28 heavy (non-hydrogen) atoms. The highest BCUT2D eigenvalue weighted by molar-refractivity contribution is 6.18. The Morgan fingerprint density at radius 2 is 1.75 bits per heavy atom. The fourth-order valence-electron chi connectivity index (χ4n) is 3.04. The second-order valence-electron chi connectivity index (χ2n) is 6.63. The first-order valence-electron chi connectivity index (χ1n) is 9.67. The summed E-state index contributed by atoms with van der Waals surface area (Å²) in [6.07, 6.45) is 15.8. The Kier molecular flexibility index (Phi) is 12.3. The molecule has 0 saturated carbocycles. The Morgan fingerprint density at radius 3 is 2.14 bits per heavy atom.